The van der Waals surface area contributed by atoms with E-state index in [0.29, 0.717) is 6.42 Å². The normalized spacial score (nSPS) is 20.6. The van der Waals surface area contributed by atoms with Gasteiger partial charge in [0.1, 0.15) is 6.04 Å². The number of aromatic nitrogens is 3. The first kappa shape index (κ1) is 19.7. The number of thioether (sulfide) groups is 1. The highest BCUT2D eigenvalue weighted by atomic mass is 79.9. The van der Waals surface area contributed by atoms with Gasteiger partial charge in [0.2, 0.25) is 11.1 Å². The van der Waals surface area contributed by atoms with Crippen LogP contribution in [-0.2, 0) is 4.79 Å². The lowest BCUT2D eigenvalue weighted by Crippen LogP contribution is -2.36. The molecule has 0 saturated heterocycles. The van der Waals surface area contributed by atoms with Gasteiger partial charge in [0.05, 0.1) is 0 Å². The van der Waals surface area contributed by atoms with E-state index in [-0.39, 0.29) is 17.2 Å². The quantitative estimate of drug-likeness (QED) is 0.465. The summed E-state index contributed by atoms with van der Waals surface area (Å²) in [6.45, 7) is 6.48. The maximum absolute atomic E-state index is 13.2. The SMILES string of the molecule is CCCCSc1nc2n(n1)C(c1cccc(Br)c1)C1=C(CC(C)(C)CC1=O)N2. The average Bonchev–Trinajstić information content (AvgIpc) is 3.01. The number of hydrogen-bond acceptors (Lipinski definition) is 5. The molecule has 1 N–H and O–H groups in total. The fraction of sp³-hybridized carbons (Fsp3) is 0.476. The van der Waals surface area contributed by atoms with Crippen LogP contribution in [0.15, 0.2) is 45.2 Å². The van der Waals surface area contributed by atoms with E-state index in [4.69, 9.17) is 10.1 Å². The highest BCUT2D eigenvalue weighted by Crippen LogP contribution is 2.45. The van der Waals surface area contributed by atoms with Crippen molar-refractivity contribution in [2.24, 2.45) is 5.41 Å². The molecule has 0 fully saturated rings. The van der Waals surface area contributed by atoms with E-state index < -0.39 is 0 Å². The Morgan fingerprint density at radius 2 is 2.18 bits per heavy atom. The fourth-order valence-corrected chi connectivity index (χ4v) is 5.27. The molecule has 2 aliphatic rings. The number of anilines is 1. The Morgan fingerprint density at radius 3 is 2.93 bits per heavy atom. The zero-order chi connectivity index (χ0) is 19.9. The van der Waals surface area contributed by atoms with Gasteiger partial charge in [-0.25, -0.2) is 4.68 Å². The van der Waals surface area contributed by atoms with Crippen molar-refractivity contribution in [1.29, 1.82) is 0 Å². The smallest absolute Gasteiger partial charge is 0.227 e. The lowest BCUT2D eigenvalue weighted by Gasteiger charge is -2.38. The van der Waals surface area contributed by atoms with Crippen LogP contribution in [0.4, 0.5) is 5.95 Å². The molecule has 0 spiro atoms. The fourth-order valence-electron chi connectivity index (χ4n) is 3.94. The number of rotatable bonds is 5. The monoisotopic (exact) mass is 460 g/mol. The van der Waals surface area contributed by atoms with Crippen molar-refractivity contribution in [3.8, 4) is 0 Å². The number of halogens is 1. The molecule has 1 aromatic carbocycles. The van der Waals surface area contributed by atoms with E-state index in [9.17, 15) is 4.79 Å². The molecular weight excluding hydrogens is 436 g/mol. The molecule has 0 saturated carbocycles. The molecule has 2 heterocycles. The summed E-state index contributed by atoms with van der Waals surface area (Å²) < 4.78 is 2.89. The number of carbonyl (C=O) groups excluding carboxylic acids is 1. The van der Waals surface area contributed by atoms with Crippen LogP contribution >= 0.6 is 27.7 Å². The molecule has 0 radical (unpaired) electrons. The van der Waals surface area contributed by atoms with Crippen LogP contribution in [0.25, 0.3) is 0 Å². The van der Waals surface area contributed by atoms with Gasteiger partial charge in [-0.15, -0.1) is 5.10 Å². The standard InChI is InChI=1S/C21H25BrN4OS/c1-4-5-9-28-20-24-19-23-15-11-21(2,3)12-16(27)17(15)18(26(19)25-20)13-7-6-8-14(22)10-13/h6-8,10,18H,4-5,9,11-12H2,1-3H3,(H,23,24,25). The summed E-state index contributed by atoms with van der Waals surface area (Å²) in [6, 6.07) is 7.91. The highest BCUT2D eigenvalue weighted by Gasteiger charge is 2.41. The van der Waals surface area contributed by atoms with Crippen molar-refractivity contribution in [3.05, 3.63) is 45.6 Å². The van der Waals surface area contributed by atoms with Crippen LogP contribution in [0.1, 0.15) is 58.1 Å². The van der Waals surface area contributed by atoms with Crippen LogP contribution < -0.4 is 5.32 Å². The molecule has 1 unspecified atom stereocenters. The molecule has 1 atom stereocenters. The molecule has 1 aromatic heterocycles. The lowest BCUT2D eigenvalue weighted by molar-refractivity contribution is -0.118. The summed E-state index contributed by atoms with van der Waals surface area (Å²) >= 11 is 5.25. The van der Waals surface area contributed by atoms with Gasteiger partial charge in [0.25, 0.3) is 0 Å². The molecule has 28 heavy (non-hydrogen) atoms. The topological polar surface area (TPSA) is 59.8 Å². The van der Waals surface area contributed by atoms with Crippen LogP contribution in [0.3, 0.4) is 0 Å². The molecule has 0 amide bonds. The maximum atomic E-state index is 13.2. The molecule has 0 bridgehead atoms. The minimum Gasteiger partial charge on any atom is -0.328 e. The first-order valence-corrected chi connectivity index (χ1v) is 11.5. The van der Waals surface area contributed by atoms with Crippen molar-refractivity contribution < 1.29 is 4.79 Å². The van der Waals surface area contributed by atoms with Gasteiger partial charge in [-0.3, -0.25) is 4.79 Å². The number of allylic oxidation sites excluding steroid dienone is 2. The van der Waals surface area contributed by atoms with Crippen molar-refractivity contribution >= 4 is 39.4 Å². The number of hydrogen-bond donors (Lipinski definition) is 1. The molecule has 1 aliphatic heterocycles. The number of nitrogens with one attached hydrogen (secondary N) is 1. The van der Waals surface area contributed by atoms with E-state index in [0.717, 1.165) is 57.4 Å². The summed E-state index contributed by atoms with van der Waals surface area (Å²) in [5, 5.41) is 8.98. The molecule has 4 rings (SSSR count). The van der Waals surface area contributed by atoms with Crippen LogP contribution in [-0.4, -0.2) is 26.3 Å². The van der Waals surface area contributed by atoms with Gasteiger partial charge < -0.3 is 5.32 Å². The summed E-state index contributed by atoms with van der Waals surface area (Å²) in [4.78, 5) is 17.9. The number of ketones is 1. The Hall–Kier alpha value is -1.60. The van der Waals surface area contributed by atoms with Crippen LogP contribution in [0.2, 0.25) is 0 Å². The van der Waals surface area contributed by atoms with Crippen LogP contribution in [0.5, 0.6) is 0 Å². The molecule has 5 nitrogen and oxygen atoms in total. The van der Waals surface area contributed by atoms with Gasteiger partial charge in [0, 0.05) is 27.9 Å². The van der Waals surface area contributed by atoms with Crippen molar-refractivity contribution in [1.82, 2.24) is 14.8 Å². The summed E-state index contributed by atoms with van der Waals surface area (Å²) in [6.07, 6.45) is 3.68. The summed E-state index contributed by atoms with van der Waals surface area (Å²) in [7, 11) is 0. The third kappa shape index (κ3) is 3.79. The predicted molar refractivity (Wildman–Crippen MR) is 117 cm³/mol. The maximum Gasteiger partial charge on any atom is 0.227 e. The highest BCUT2D eigenvalue weighted by molar-refractivity contribution is 9.10. The Bertz CT molecular complexity index is 950. The Balaban J connectivity index is 1.80. The van der Waals surface area contributed by atoms with E-state index in [1.165, 1.54) is 0 Å². The largest absolute Gasteiger partial charge is 0.328 e. The van der Waals surface area contributed by atoms with Crippen LogP contribution in [0, 0.1) is 5.41 Å². The number of nitrogens with zero attached hydrogens (tertiary/aromatic N) is 3. The predicted octanol–water partition coefficient (Wildman–Crippen LogP) is 5.59. The summed E-state index contributed by atoms with van der Waals surface area (Å²) in [5.41, 5.74) is 2.83. The molecule has 2 aromatic rings. The van der Waals surface area contributed by atoms with Crippen molar-refractivity contribution in [3.63, 3.8) is 0 Å². The van der Waals surface area contributed by atoms with Gasteiger partial charge >= 0.3 is 0 Å². The third-order valence-corrected chi connectivity index (χ3v) is 6.62. The Kier molecular flexibility index (Phi) is 5.40. The van der Waals surface area contributed by atoms with E-state index >= 15 is 0 Å². The number of benzene rings is 1. The zero-order valence-electron chi connectivity index (χ0n) is 16.5. The molecule has 1 aliphatic carbocycles. The summed E-state index contributed by atoms with van der Waals surface area (Å²) in [5.74, 6) is 1.93. The van der Waals surface area contributed by atoms with E-state index in [1.54, 1.807) is 11.8 Å². The van der Waals surface area contributed by atoms with Crippen molar-refractivity contribution in [2.45, 2.75) is 57.7 Å². The second-order valence-electron chi connectivity index (χ2n) is 8.28. The minimum absolute atomic E-state index is 0.0500. The van der Waals surface area contributed by atoms with Crippen molar-refractivity contribution in [2.75, 3.05) is 11.1 Å². The Morgan fingerprint density at radius 1 is 1.36 bits per heavy atom. The number of fused-ring (bicyclic) bond motifs is 1. The molecular formula is C21H25BrN4OS. The average molecular weight is 461 g/mol. The first-order chi connectivity index (χ1) is 13.4. The minimum atomic E-state index is -0.236. The number of unbranched alkanes of at least 4 members (excludes halogenated alkanes) is 1. The van der Waals surface area contributed by atoms with Gasteiger partial charge in [0.15, 0.2) is 5.78 Å². The second-order valence-corrected chi connectivity index (χ2v) is 10.3. The number of carbonyl (C=O) groups is 1. The lowest BCUT2D eigenvalue weighted by atomic mass is 9.73. The Labute approximate surface area is 178 Å². The van der Waals surface area contributed by atoms with Gasteiger partial charge in [-0.2, -0.15) is 4.98 Å². The van der Waals surface area contributed by atoms with E-state index in [1.807, 2.05) is 16.8 Å². The van der Waals surface area contributed by atoms with Gasteiger partial charge in [-0.1, -0.05) is 67.0 Å². The zero-order valence-corrected chi connectivity index (χ0v) is 18.9. The first-order valence-electron chi connectivity index (χ1n) is 9.76. The van der Waals surface area contributed by atoms with Gasteiger partial charge in [-0.05, 0) is 36.0 Å². The second kappa shape index (κ2) is 7.67. The number of Topliss-reactive ketones (excluding diaryl/α,β-unsaturated/α-hetero) is 1. The molecule has 7 heteroatoms. The third-order valence-electron chi connectivity index (χ3n) is 5.21. The molecule has 148 valence electrons. The van der Waals surface area contributed by atoms with E-state index in [2.05, 4.69) is 54.2 Å².